The van der Waals surface area contributed by atoms with Gasteiger partial charge in [-0.1, -0.05) is 30.7 Å². The summed E-state index contributed by atoms with van der Waals surface area (Å²) >= 11 is 6.47. The summed E-state index contributed by atoms with van der Waals surface area (Å²) in [6, 6.07) is 8.33. The molecule has 0 aliphatic carbocycles. The van der Waals surface area contributed by atoms with Crippen LogP contribution >= 0.6 is 11.6 Å². The number of fused-ring (bicyclic) bond motifs is 3. The molecule has 0 spiro atoms. The predicted molar refractivity (Wildman–Crippen MR) is 104 cm³/mol. The van der Waals surface area contributed by atoms with E-state index in [-0.39, 0.29) is 0 Å². The zero-order valence-corrected chi connectivity index (χ0v) is 15.8. The molecule has 0 bridgehead atoms. The smallest absolute Gasteiger partial charge is 0.176 e. The summed E-state index contributed by atoms with van der Waals surface area (Å²) in [5.74, 6) is 1.72. The van der Waals surface area contributed by atoms with Crippen molar-refractivity contribution in [2.45, 2.75) is 20.3 Å². The van der Waals surface area contributed by atoms with Crippen molar-refractivity contribution in [1.82, 2.24) is 19.5 Å². The van der Waals surface area contributed by atoms with Crippen LogP contribution in [0.5, 0.6) is 0 Å². The van der Waals surface area contributed by atoms with Gasteiger partial charge in [-0.25, -0.2) is 9.50 Å². The topological polar surface area (TPSA) is 36.7 Å². The highest BCUT2D eigenvalue weighted by molar-refractivity contribution is 6.34. The van der Waals surface area contributed by atoms with Crippen LogP contribution in [0.1, 0.15) is 19.0 Å². The second kappa shape index (κ2) is 6.46. The van der Waals surface area contributed by atoms with E-state index in [1.54, 1.807) is 0 Å². The number of hydrogen-bond acceptors (Lipinski definition) is 4. The van der Waals surface area contributed by atoms with E-state index in [1.165, 1.54) is 6.42 Å². The Bertz CT molecular complexity index is 919. The van der Waals surface area contributed by atoms with Crippen molar-refractivity contribution in [2.24, 2.45) is 5.92 Å². The number of nitrogens with zero attached hydrogens (tertiary/aromatic N) is 5. The molecule has 3 aromatic rings. The number of para-hydroxylation sites is 1. The van der Waals surface area contributed by atoms with Crippen LogP contribution in [0.25, 0.3) is 16.6 Å². The van der Waals surface area contributed by atoms with Gasteiger partial charge in [0.2, 0.25) is 0 Å². The van der Waals surface area contributed by atoms with Gasteiger partial charge >= 0.3 is 0 Å². The molecule has 0 radical (unpaired) electrons. The fourth-order valence-corrected chi connectivity index (χ4v) is 3.91. The molecule has 2 aromatic heterocycles. The maximum absolute atomic E-state index is 6.47. The molecule has 1 aromatic carbocycles. The monoisotopic (exact) mass is 357 g/mol. The van der Waals surface area contributed by atoms with E-state index in [9.17, 15) is 0 Å². The molecule has 0 N–H and O–H groups in total. The van der Waals surface area contributed by atoms with E-state index in [2.05, 4.69) is 47.1 Å². The van der Waals surface area contributed by atoms with Crippen LogP contribution in [0, 0.1) is 12.8 Å². The largest absolute Gasteiger partial charge is 0.356 e. The molecule has 4 rings (SSSR count). The molecule has 25 heavy (non-hydrogen) atoms. The van der Waals surface area contributed by atoms with Crippen LogP contribution in [0.4, 0.5) is 5.82 Å². The summed E-state index contributed by atoms with van der Waals surface area (Å²) in [5, 5.41) is 6.36. The second-order valence-electron chi connectivity index (χ2n) is 7.04. The molecule has 1 aliphatic heterocycles. The van der Waals surface area contributed by atoms with E-state index in [0.717, 1.165) is 54.2 Å². The average Bonchev–Trinajstić information content (AvgIpc) is 3.19. The maximum atomic E-state index is 6.47. The van der Waals surface area contributed by atoms with Crippen LogP contribution in [0.3, 0.4) is 0 Å². The molecule has 0 saturated carbocycles. The van der Waals surface area contributed by atoms with E-state index in [1.807, 2.05) is 17.5 Å². The predicted octanol–water partition coefficient (Wildman–Crippen LogP) is 3.62. The molecule has 132 valence electrons. The molecule has 6 heteroatoms. The summed E-state index contributed by atoms with van der Waals surface area (Å²) in [4.78, 5) is 9.72. The van der Waals surface area contributed by atoms with Crippen molar-refractivity contribution < 1.29 is 0 Å². The van der Waals surface area contributed by atoms with E-state index >= 15 is 0 Å². The first-order valence-electron chi connectivity index (χ1n) is 8.95. The number of benzene rings is 1. The lowest BCUT2D eigenvalue weighted by Gasteiger charge is -2.22. The Hall–Kier alpha value is -1.85. The number of aromatic nitrogens is 3. The molecule has 1 saturated heterocycles. The highest BCUT2D eigenvalue weighted by Crippen LogP contribution is 2.32. The molecule has 1 atom stereocenters. The molecule has 1 aliphatic rings. The number of aryl methyl sites for hydroxylation is 1. The summed E-state index contributed by atoms with van der Waals surface area (Å²) in [5.41, 5.74) is 2.63. The van der Waals surface area contributed by atoms with Crippen LogP contribution in [-0.4, -0.2) is 52.7 Å². The zero-order chi connectivity index (χ0) is 17.6. The molecule has 1 fully saturated rings. The minimum atomic E-state index is 0.647. The first-order chi connectivity index (χ1) is 12.1. The summed E-state index contributed by atoms with van der Waals surface area (Å²) < 4.78 is 1.87. The fourth-order valence-electron chi connectivity index (χ4n) is 3.75. The molecule has 3 heterocycles. The normalized spacial score (nSPS) is 18.1. The van der Waals surface area contributed by atoms with Crippen LogP contribution in [-0.2, 0) is 0 Å². The van der Waals surface area contributed by atoms with Gasteiger partial charge in [-0.05, 0) is 45.0 Å². The number of anilines is 1. The lowest BCUT2D eigenvalue weighted by Crippen LogP contribution is -2.28. The van der Waals surface area contributed by atoms with Crippen molar-refractivity contribution in [2.75, 3.05) is 38.1 Å². The molecular formula is C19H24ClN5. The standard InChI is InChI=1S/C19H24ClN5/c1-4-23(3)11-14-9-10-24(12-14)18-15-7-5-6-8-16(15)25-19(21-18)17(20)13(2)22-25/h5-8,14H,4,9-12H2,1-3H3/t14-/m1/s1. The highest BCUT2D eigenvalue weighted by Gasteiger charge is 2.26. The fraction of sp³-hybridized carbons (Fsp3) is 0.474. The Morgan fingerprint density at radius 1 is 1.32 bits per heavy atom. The van der Waals surface area contributed by atoms with Crippen LogP contribution in [0.2, 0.25) is 5.02 Å². The molecule has 0 amide bonds. The third-order valence-electron chi connectivity index (χ3n) is 5.24. The van der Waals surface area contributed by atoms with Crippen molar-refractivity contribution in [3.05, 3.63) is 35.0 Å². The van der Waals surface area contributed by atoms with E-state index < -0.39 is 0 Å². The average molecular weight is 358 g/mol. The van der Waals surface area contributed by atoms with Crippen molar-refractivity contribution in [3.8, 4) is 0 Å². The van der Waals surface area contributed by atoms with Crippen molar-refractivity contribution >= 4 is 34.0 Å². The number of halogens is 1. The second-order valence-corrected chi connectivity index (χ2v) is 7.42. The van der Waals surface area contributed by atoms with Gasteiger partial charge in [-0.2, -0.15) is 5.10 Å². The minimum Gasteiger partial charge on any atom is -0.356 e. The summed E-state index contributed by atoms with van der Waals surface area (Å²) in [6.45, 7) is 8.45. The SMILES string of the molecule is CCN(C)C[C@H]1CCN(c2nc3c(Cl)c(C)nn3c3ccccc23)C1. The van der Waals surface area contributed by atoms with E-state index in [0.29, 0.717) is 10.9 Å². The Morgan fingerprint density at radius 2 is 2.12 bits per heavy atom. The van der Waals surface area contributed by atoms with Gasteiger partial charge in [0.1, 0.15) is 10.8 Å². The lowest BCUT2D eigenvalue weighted by molar-refractivity contribution is 0.300. The van der Waals surface area contributed by atoms with Gasteiger partial charge in [-0.3, -0.25) is 0 Å². The van der Waals surface area contributed by atoms with Gasteiger partial charge in [-0.15, -0.1) is 0 Å². The first-order valence-corrected chi connectivity index (χ1v) is 9.33. The number of rotatable bonds is 4. The number of hydrogen-bond donors (Lipinski definition) is 0. The molecular weight excluding hydrogens is 334 g/mol. The van der Waals surface area contributed by atoms with Gasteiger partial charge in [0.25, 0.3) is 0 Å². The van der Waals surface area contributed by atoms with Gasteiger partial charge < -0.3 is 9.80 Å². The Morgan fingerprint density at radius 3 is 2.92 bits per heavy atom. The lowest BCUT2D eigenvalue weighted by atomic mass is 10.1. The van der Waals surface area contributed by atoms with Crippen molar-refractivity contribution in [3.63, 3.8) is 0 Å². The molecule has 5 nitrogen and oxygen atoms in total. The third kappa shape index (κ3) is 2.85. The van der Waals surface area contributed by atoms with Crippen LogP contribution < -0.4 is 4.90 Å². The summed E-state index contributed by atoms with van der Waals surface area (Å²) in [7, 11) is 2.19. The highest BCUT2D eigenvalue weighted by atomic mass is 35.5. The third-order valence-corrected chi connectivity index (χ3v) is 5.69. The maximum Gasteiger partial charge on any atom is 0.176 e. The van der Waals surface area contributed by atoms with Gasteiger partial charge in [0, 0.05) is 25.0 Å². The van der Waals surface area contributed by atoms with Gasteiger partial charge in [0.15, 0.2) is 5.65 Å². The first kappa shape index (κ1) is 16.6. The minimum absolute atomic E-state index is 0.647. The molecule has 0 unspecified atom stereocenters. The quantitative estimate of drug-likeness (QED) is 0.714. The zero-order valence-electron chi connectivity index (χ0n) is 15.0. The van der Waals surface area contributed by atoms with Crippen molar-refractivity contribution in [1.29, 1.82) is 0 Å². The Balaban J connectivity index is 1.77. The Kier molecular flexibility index (Phi) is 4.29. The van der Waals surface area contributed by atoms with E-state index in [4.69, 9.17) is 16.6 Å². The Labute approximate surface area is 153 Å². The van der Waals surface area contributed by atoms with Crippen LogP contribution in [0.15, 0.2) is 24.3 Å². The summed E-state index contributed by atoms with van der Waals surface area (Å²) in [6.07, 6.45) is 1.21. The van der Waals surface area contributed by atoms with Gasteiger partial charge in [0.05, 0.1) is 11.2 Å².